The molecule has 98 valence electrons. The Kier molecular flexibility index (Phi) is 5.29. The molecule has 1 heterocycles. The van der Waals surface area contributed by atoms with Gasteiger partial charge in [-0.2, -0.15) is 0 Å². The number of nitrogens with one attached hydrogen (secondary N) is 1. The standard InChI is InChI=1S/C13H22BrNO2/c14-11-4-3-10(8-11)9-15-13(16)6-5-12-2-1-7-17-12/h10-12H,1-9H2,(H,15,16). The van der Waals surface area contributed by atoms with Gasteiger partial charge in [-0.1, -0.05) is 15.9 Å². The third kappa shape index (κ3) is 4.59. The van der Waals surface area contributed by atoms with E-state index in [0.29, 0.717) is 23.3 Å². The number of carbonyl (C=O) groups is 1. The van der Waals surface area contributed by atoms with Crippen LogP contribution in [-0.4, -0.2) is 30.0 Å². The monoisotopic (exact) mass is 303 g/mol. The van der Waals surface area contributed by atoms with Crippen LogP contribution in [-0.2, 0) is 9.53 Å². The van der Waals surface area contributed by atoms with Gasteiger partial charge in [0.1, 0.15) is 0 Å². The molecule has 1 amide bonds. The Morgan fingerprint density at radius 2 is 2.24 bits per heavy atom. The number of alkyl halides is 1. The van der Waals surface area contributed by atoms with E-state index in [2.05, 4.69) is 21.2 Å². The number of halogens is 1. The third-order valence-corrected chi connectivity index (χ3v) is 4.61. The second kappa shape index (κ2) is 6.74. The lowest BCUT2D eigenvalue weighted by Gasteiger charge is -2.12. The van der Waals surface area contributed by atoms with Gasteiger partial charge in [0.25, 0.3) is 0 Å². The van der Waals surface area contributed by atoms with E-state index in [0.717, 1.165) is 32.4 Å². The highest BCUT2D eigenvalue weighted by Crippen LogP contribution is 2.30. The summed E-state index contributed by atoms with van der Waals surface area (Å²) in [5.74, 6) is 0.865. The van der Waals surface area contributed by atoms with E-state index in [9.17, 15) is 4.79 Å². The lowest BCUT2D eigenvalue weighted by atomic mass is 10.1. The average molecular weight is 304 g/mol. The number of hydrogen-bond donors (Lipinski definition) is 1. The van der Waals surface area contributed by atoms with Crippen LogP contribution in [0.1, 0.15) is 44.9 Å². The molecule has 0 bridgehead atoms. The van der Waals surface area contributed by atoms with Gasteiger partial charge in [0.05, 0.1) is 6.10 Å². The molecule has 4 heteroatoms. The topological polar surface area (TPSA) is 38.3 Å². The SMILES string of the molecule is O=C(CCC1CCCO1)NCC1CCC(Br)C1. The first-order chi connectivity index (χ1) is 8.24. The van der Waals surface area contributed by atoms with Gasteiger partial charge in [0, 0.05) is 24.4 Å². The minimum atomic E-state index is 0.193. The van der Waals surface area contributed by atoms with Crippen LogP contribution in [0.25, 0.3) is 0 Å². The number of carbonyl (C=O) groups excluding carboxylic acids is 1. The molecule has 1 saturated carbocycles. The second-order valence-corrected chi connectivity index (χ2v) is 6.55. The van der Waals surface area contributed by atoms with Crippen molar-refractivity contribution in [1.29, 1.82) is 0 Å². The fourth-order valence-electron chi connectivity index (χ4n) is 2.71. The van der Waals surface area contributed by atoms with E-state index in [1.54, 1.807) is 0 Å². The lowest BCUT2D eigenvalue weighted by molar-refractivity contribution is -0.121. The normalized spacial score (nSPS) is 32.9. The summed E-state index contributed by atoms with van der Waals surface area (Å²) in [6.07, 6.45) is 7.80. The number of hydrogen-bond acceptors (Lipinski definition) is 2. The molecule has 3 atom stereocenters. The van der Waals surface area contributed by atoms with E-state index in [1.165, 1.54) is 19.3 Å². The van der Waals surface area contributed by atoms with Crippen molar-refractivity contribution >= 4 is 21.8 Å². The first-order valence-electron chi connectivity index (χ1n) is 6.76. The van der Waals surface area contributed by atoms with E-state index in [4.69, 9.17) is 4.74 Å². The van der Waals surface area contributed by atoms with E-state index in [-0.39, 0.29) is 5.91 Å². The molecule has 3 nitrogen and oxygen atoms in total. The number of ether oxygens (including phenoxy) is 1. The predicted molar refractivity (Wildman–Crippen MR) is 71.3 cm³/mol. The Balaban J connectivity index is 1.54. The Labute approximate surface area is 112 Å². The van der Waals surface area contributed by atoms with Crippen molar-refractivity contribution in [3.8, 4) is 0 Å². The Bertz CT molecular complexity index is 254. The molecule has 0 spiro atoms. The third-order valence-electron chi connectivity index (χ3n) is 3.78. The molecule has 0 aromatic heterocycles. The molecule has 2 aliphatic rings. The smallest absolute Gasteiger partial charge is 0.220 e. The van der Waals surface area contributed by atoms with Crippen molar-refractivity contribution in [3.63, 3.8) is 0 Å². The van der Waals surface area contributed by atoms with Gasteiger partial charge in [-0.05, 0) is 44.4 Å². The van der Waals surface area contributed by atoms with Crippen LogP contribution in [0.3, 0.4) is 0 Å². The molecule has 2 rings (SSSR count). The van der Waals surface area contributed by atoms with Gasteiger partial charge >= 0.3 is 0 Å². The largest absolute Gasteiger partial charge is 0.378 e. The summed E-state index contributed by atoms with van der Waals surface area (Å²) in [5.41, 5.74) is 0. The second-order valence-electron chi connectivity index (χ2n) is 5.25. The molecule has 1 saturated heterocycles. The first kappa shape index (κ1) is 13.3. The minimum Gasteiger partial charge on any atom is -0.378 e. The zero-order chi connectivity index (χ0) is 12.1. The average Bonchev–Trinajstić information content (AvgIpc) is 2.95. The first-order valence-corrected chi connectivity index (χ1v) is 7.68. The molecule has 17 heavy (non-hydrogen) atoms. The summed E-state index contributed by atoms with van der Waals surface area (Å²) < 4.78 is 5.51. The maximum atomic E-state index is 11.7. The summed E-state index contributed by atoms with van der Waals surface area (Å²) in [7, 11) is 0. The Morgan fingerprint density at radius 1 is 1.35 bits per heavy atom. The fraction of sp³-hybridized carbons (Fsp3) is 0.923. The molecule has 2 fully saturated rings. The summed E-state index contributed by atoms with van der Waals surface area (Å²) in [5, 5.41) is 3.05. The van der Waals surface area contributed by atoms with Gasteiger partial charge in [-0.3, -0.25) is 4.79 Å². The van der Waals surface area contributed by atoms with Crippen molar-refractivity contribution in [3.05, 3.63) is 0 Å². The zero-order valence-electron chi connectivity index (χ0n) is 10.3. The number of rotatable bonds is 5. The quantitative estimate of drug-likeness (QED) is 0.793. The maximum absolute atomic E-state index is 11.7. The van der Waals surface area contributed by atoms with Crippen molar-refractivity contribution < 1.29 is 9.53 Å². The molecule has 0 aromatic rings. The predicted octanol–water partition coefficient (Wildman–Crippen LogP) is 2.63. The molecule has 0 radical (unpaired) electrons. The van der Waals surface area contributed by atoms with Crippen LogP contribution >= 0.6 is 15.9 Å². The highest BCUT2D eigenvalue weighted by atomic mass is 79.9. The molecule has 3 unspecified atom stereocenters. The summed E-state index contributed by atoms with van der Waals surface area (Å²) >= 11 is 3.63. The van der Waals surface area contributed by atoms with E-state index >= 15 is 0 Å². The van der Waals surface area contributed by atoms with Crippen LogP contribution in [0, 0.1) is 5.92 Å². The van der Waals surface area contributed by atoms with Crippen molar-refractivity contribution in [1.82, 2.24) is 5.32 Å². The number of amides is 1. The van der Waals surface area contributed by atoms with Crippen molar-refractivity contribution in [2.45, 2.75) is 55.9 Å². The summed E-state index contributed by atoms with van der Waals surface area (Å²) in [4.78, 5) is 12.3. The van der Waals surface area contributed by atoms with Crippen LogP contribution in [0.4, 0.5) is 0 Å². The van der Waals surface area contributed by atoms with E-state index < -0.39 is 0 Å². The van der Waals surface area contributed by atoms with E-state index in [1.807, 2.05) is 0 Å². The van der Waals surface area contributed by atoms with Gasteiger partial charge in [-0.15, -0.1) is 0 Å². The van der Waals surface area contributed by atoms with Crippen LogP contribution in [0.5, 0.6) is 0 Å². The van der Waals surface area contributed by atoms with Crippen LogP contribution in [0.2, 0.25) is 0 Å². The Morgan fingerprint density at radius 3 is 2.88 bits per heavy atom. The van der Waals surface area contributed by atoms with Gasteiger partial charge in [0.15, 0.2) is 0 Å². The highest BCUT2D eigenvalue weighted by molar-refractivity contribution is 9.09. The van der Waals surface area contributed by atoms with Crippen molar-refractivity contribution in [2.75, 3.05) is 13.2 Å². The van der Waals surface area contributed by atoms with Crippen molar-refractivity contribution in [2.24, 2.45) is 5.92 Å². The van der Waals surface area contributed by atoms with Crippen LogP contribution < -0.4 is 5.32 Å². The minimum absolute atomic E-state index is 0.193. The molecule has 1 aliphatic heterocycles. The lowest BCUT2D eigenvalue weighted by Crippen LogP contribution is -2.29. The Hall–Kier alpha value is -0.0900. The molecule has 1 aliphatic carbocycles. The molecule has 1 N–H and O–H groups in total. The van der Waals surface area contributed by atoms with Gasteiger partial charge in [0.2, 0.25) is 5.91 Å². The summed E-state index contributed by atoms with van der Waals surface area (Å²) in [6, 6.07) is 0. The van der Waals surface area contributed by atoms with Gasteiger partial charge < -0.3 is 10.1 Å². The molecule has 0 aromatic carbocycles. The maximum Gasteiger partial charge on any atom is 0.220 e. The summed E-state index contributed by atoms with van der Waals surface area (Å²) in [6.45, 7) is 1.73. The van der Waals surface area contributed by atoms with Gasteiger partial charge in [-0.25, -0.2) is 0 Å². The molecular weight excluding hydrogens is 282 g/mol. The van der Waals surface area contributed by atoms with Crippen LogP contribution in [0.15, 0.2) is 0 Å². The molecular formula is C13H22BrNO2. The highest BCUT2D eigenvalue weighted by Gasteiger charge is 2.23. The fourth-order valence-corrected chi connectivity index (χ4v) is 3.50. The zero-order valence-corrected chi connectivity index (χ0v) is 11.9.